The second-order valence-electron chi connectivity index (χ2n) is 6.78. The Balaban J connectivity index is 1.71. The molecule has 0 radical (unpaired) electrons. The average Bonchev–Trinajstić information content (AvgIpc) is 3.44. The van der Waals surface area contributed by atoms with Crippen LogP contribution in [0.25, 0.3) is 11.1 Å². The summed E-state index contributed by atoms with van der Waals surface area (Å²) in [6.07, 6.45) is 2.45. The van der Waals surface area contributed by atoms with Crippen molar-refractivity contribution in [2.24, 2.45) is 5.92 Å². The van der Waals surface area contributed by atoms with Crippen LogP contribution in [0.1, 0.15) is 48.7 Å². The third-order valence-electron chi connectivity index (χ3n) is 4.54. The van der Waals surface area contributed by atoms with Crippen LogP contribution < -0.4 is 10.6 Å². The molecule has 1 aliphatic rings. The van der Waals surface area contributed by atoms with Crippen molar-refractivity contribution in [1.82, 2.24) is 10.6 Å². The highest BCUT2D eigenvalue weighted by molar-refractivity contribution is 5.95. The van der Waals surface area contributed by atoms with Crippen LogP contribution in [-0.4, -0.2) is 18.4 Å². The van der Waals surface area contributed by atoms with Gasteiger partial charge in [-0.1, -0.05) is 36.4 Å². The molecular formula is C21H24N2O2. The van der Waals surface area contributed by atoms with Gasteiger partial charge in [0.05, 0.1) is 6.04 Å². The van der Waals surface area contributed by atoms with Crippen molar-refractivity contribution in [1.29, 1.82) is 0 Å². The lowest BCUT2D eigenvalue weighted by Crippen LogP contribution is -2.25. The second kappa shape index (κ2) is 7.51. The first kappa shape index (κ1) is 17.2. The smallest absolute Gasteiger partial charge is 0.251 e. The SMILES string of the molecule is CC(=O)NC(C)c1ccc(-c2cccc(C(=O)NCC3CC3)c2)cc1. The van der Waals surface area contributed by atoms with Crippen molar-refractivity contribution in [3.05, 3.63) is 59.7 Å². The van der Waals surface area contributed by atoms with E-state index in [1.165, 1.54) is 19.8 Å². The van der Waals surface area contributed by atoms with Gasteiger partial charge in [0.2, 0.25) is 5.91 Å². The molecular weight excluding hydrogens is 312 g/mol. The van der Waals surface area contributed by atoms with Crippen molar-refractivity contribution in [2.75, 3.05) is 6.54 Å². The quantitative estimate of drug-likeness (QED) is 0.845. The Kier molecular flexibility index (Phi) is 5.17. The van der Waals surface area contributed by atoms with Crippen molar-refractivity contribution in [3.8, 4) is 11.1 Å². The number of amides is 2. The zero-order valence-electron chi connectivity index (χ0n) is 14.7. The Morgan fingerprint density at radius 2 is 1.80 bits per heavy atom. The van der Waals surface area contributed by atoms with Crippen LogP contribution in [0.3, 0.4) is 0 Å². The summed E-state index contributed by atoms with van der Waals surface area (Å²) in [6.45, 7) is 4.25. The van der Waals surface area contributed by atoms with Crippen LogP contribution in [0.5, 0.6) is 0 Å². The van der Waals surface area contributed by atoms with E-state index in [9.17, 15) is 9.59 Å². The summed E-state index contributed by atoms with van der Waals surface area (Å²) < 4.78 is 0. The lowest BCUT2D eigenvalue weighted by atomic mass is 9.99. The van der Waals surface area contributed by atoms with Crippen molar-refractivity contribution >= 4 is 11.8 Å². The molecule has 1 fully saturated rings. The summed E-state index contributed by atoms with van der Waals surface area (Å²) in [6, 6.07) is 15.7. The third kappa shape index (κ3) is 4.69. The number of rotatable bonds is 6. The van der Waals surface area contributed by atoms with Gasteiger partial charge in [-0.2, -0.15) is 0 Å². The van der Waals surface area contributed by atoms with Crippen LogP contribution >= 0.6 is 0 Å². The van der Waals surface area contributed by atoms with Crippen molar-refractivity contribution in [2.45, 2.75) is 32.7 Å². The van der Waals surface area contributed by atoms with E-state index < -0.39 is 0 Å². The fraction of sp³-hybridized carbons (Fsp3) is 0.333. The normalized spacial score (nSPS) is 14.6. The van der Waals surface area contributed by atoms with Gasteiger partial charge in [0.1, 0.15) is 0 Å². The Hall–Kier alpha value is -2.62. The highest BCUT2D eigenvalue weighted by Crippen LogP contribution is 2.28. The van der Waals surface area contributed by atoms with E-state index in [1.807, 2.05) is 55.5 Å². The molecule has 1 atom stereocenters. The second-order valence-corrected chi connectivity index (χ2v) is 6.78. The molecule has 1 aliphatic carbocycles. The third-order valence-corrected chi connectivity index (χ3v) is 4.54. The van der Waals surface area contributed by atoms with Crippen LogP contribution in [0.15, 0.2) is 48.5 Å². The van der Waals surface area contributed by atoms with Gasteiger partial charge in [-0.15, -0.1) is 0 Å². The van der Waals surface area contributed by atoms with Gasteiger partial charge in [-0.25, -0.2) is 0 Å². The minimum Gasteiger partial charge on any atom is -0.352 e. The molecule has 130 valence electrons. The fourth-order valence-electron chi connectivity index (χ4n) is 2.85. The molecule has 4 nitrogen and oxygen atoms in total. The molecule has 2 N–H and O–H groups in total. The molecule has 0 heterocycles. The van der Waals surface area contributed by atoms with Gasteiger partial charge < -0.3 is 10.6 Å². The first-order valence-electron chi connectivity index (χ1n) is 8.78. The zero-order chi connectivity index (χ0) is 17.8. The van der Waals surface area contributed by atoms with E-state index >= 15 is 0 Å². The molecule has 4 heteroatoms. The lowest BCUT2D eigenvalue weighted by molar-refractivity contribution is -0.119. The lowest BCUT2D eigenvalue weighted by Gasteiger charge is -2.13. The maximum absolute atomic E-state index is 12.3. The first-order valence-corrected chi connectivity index (χ1v) is 8.78. The summed E-state index contributed by atoms with van der Waals surface area (Å²) in [4.78, 5) is 23.4. The summed E-state index contributed by atoms with van der Waals surface area (Å²) in [5, 5.41) is 5.88. The van der Waals surface area contributed by atoms with E-state index in [0.29, 0.717) is 11.5 Å². The van der Waals surface area contributed by atoms with Gasteiger partial charge >= 0.3 is 0 Å². The number of carbonyl (C=O) groups is 2. The number of nitrogens with one attached hydrogen (secondary N) is 2. The number of benzene rings is 2. The number of carbonyl (C=O) groups excluding carboxylic acids is 2. The van der Waals surface area contributed by atoms with Crippen molar-refractivity contribution < 1.29 is 9.59 Å². The van der Waals surface area contributed by atoms with E-state index in [0.717, 1.165) is 23.2 Å². The summed E-state index contributed by atoms with van der Waals surface area (Å²) >= 11 is 0. The molecule has 2 amide bonds. The Morgan fingerprint density at radius 1 is 1.08 bits per heavy atom. The highest BCUT2D eigenvalue weighted by Gasteiger charge is 2.21. The van der Waals surface area contributed by atoms with Crippen LogP contribution in [0.4, 0.5) is 0 Å². The molecule has 0 saturated heterocycles. The van der Waals surface area contributed by atoms with Gasteiger partial charge in [0, 0.05) is 19.0 Å². The Labute approximate surface area is 148 Å². The molecule has 0 aromatic heterocycles. The summed E-state index contributed by atoms with van der Waals surface area (Å²) in [7, 11) is 0. The van der Waals surface area contributed by atoms with E-state index in [4.69, 9.17) is 0 Å². The van der Waals surface area contributed by atoms with Crippen molar-refractivity contribution in [3.63, 3.8) is 0 Å². The van der Waals surface area contributed by atoms with Crippen LogP contribution in [0, 0.1) is 5.92 Å². The standard InChI is InChI=1S/C21H24N2O2/c1-14(23-15(2)24)17-8-10-18(11-9-17)19-4-3-5-20(12-19)21(25)22-13-16-6-7-16/h3-5,8-12,14,16H,6-7,13H2,1-2H3,(H,22,25)(H,23,24). The predicted octanol–water partition coefficient (Wildman–Crippen LogP) is 3.69. The highest BCUT2D eigenvalue weighted by atomic mass is 16.2. The van der Waals surface area contributed by atoms with Gasteiger partial charge in [0.15, 0.2) is 0 Å². The molecule has 0 spiro atoms. The molecule has 0 bridgehead atoms. The Morgan fingerprint density at radius 3 is 2.44 bits per heavy atom. The summed E-state index contributed by atoms with van der Waals surface area (Å²) in [5.74, 6) is 0.622. The number of hydrogen-bond donors (Lipinski definition) is 2. The summed E-state index contributed by atoms with van der Waals surface area (Å²) in [5.41, 5.74) is 3.81. The maximum Gasteiger partial charge on any atom is 0.251 e. The van der Waals surface area contributed by atoms with E-state index in [1.54, 1.807) is 0 Å². The van der Waals surface area contributed by atoms with Gasteiger partial charge in [0.25, 0.3) is 5.91 Å². The molecule has 3 rings (SSSR count). The topological polar surface area (TPSA) is 58.2 Å². The van der Waals surface area contributed by atoms with E-state index in [-0.39, 0.29) is 17.9 Å². The van der Waals surface area contributed by atoms with Crippen LogP contribution in [0.2, 0.25) is 0 Å². The molecule has 25 heavy (non-hydrogen) atoms. The molecule has 1 unspecified atom stereocenters. The molecule has 0 aliphatic heterocycles. The molecule has 1 saturated carbocycles. The predicted molar refractivity (Wildman–Crippen MR) is 99.2 cm³/mol. The number of hydrogen-bond acceptors (Lipinski definition) is 2. The largest absolute Gasteiger partial charge is 0.352 e. The zero-order valence-corrected chi connectivity index (χ0v) is 14.7. The minimum absolute atomic E-state index is 0.00958. The van der Waals surface area contributed by atoms with E-state index in [2.05, 4.69) is 10.6 Å². The van der Waals surface area contributed by atoms with Gasteiger partial charge in [-0.05, 0) is 54.5 Å². The Bertz CT molecular complexity index is 764. The monoisotopic (exact) mass is 336 g/mol. The maximum atomic E-state index is 12.3. The fourth-order valence-corrected chi connectivity index (χ4v) is 2.85. The average molecular weight is 336 g/mol. The van der Waals surface area contributed by atoms with Gasteiger partial charge in [-0.3, -0.25) is 9.59 Å². The van der Waals surface area contributed by atoms with Crippen LogP contribution in [-0.2, 0) is 4.79 Å². The molecule has 2 aromatic carbocycles. The first-order chi connectivity index (χ1) is 12.0. The molecule has 2 aromatic rings. The minimum atomic E-state index is -0.0403.